The molecule has 14 heavy (non-hydrogen) atoms. The lowest BCUT2D eigenvalue weighted by molar-refractivity contribution is 0.317. The third kappa shape index (κ3) is 2.13. The Morgan fingerprint density at radius 2 is 2.00 bits per heavy atom. The van der Waals surface area contributed by atoms with Crippen molar-refractivity contribution < 1.29 is 5.21 Å². The summed E-state index contributed by atoms with van der Waals surface area (Å²) < 4.78 is 0. The third-order valence-corrected chi connectivity index (χ3v) is 2.68. The van der Waals surface area contributed by atoms with E-state index in [1.54, 1.807) is 0 Å². The predicted octanol–water partition coefficient (Wildman–Crippen LogP) is 2.97. The van der Waals surface area contributed by atoms with Crippen LogP contribution in [0.15, 0.2) is 29.4 Å². The normalized spacial score (nSPS) is 17.1. The zero-order chi connectivity index (χ0) is 9.97. The van der Waals surface area contributed by atoms with E-state index in [1.165, 1.54) is 18.4 Å². The highest BCUT2D eigenvalue weighted by Gasteiger charge is 2.24. The first-order chi connectivity index (χ1) is 6.79. The summed E-state index contributed by atoms with van der Waals surface area (Å²) >= 11 is 0. The van der Waals surface area contributed by atoms with Crippen molar-refractivity contribution in [1.82, 2.24) is 0 Å². The van der Waals surface area contributed by atoms with Crippen LogP contribution < -0.4 is 0 Å². The van der Waals surface area contributed by atoms with Gasteiger partial charge in [-0.2, -0.15) is 0 Å². The van der Waals surface area contributed by atoms with Gasteiger partial charge in [0.25, 0.3) is 0 Å². The van der Waals surface area contributed by atoms with Crippen LogP contribution in [0.25, 0.3) is 0 Å². The fraction of sp³-hybridized carbons (Fsp3) is 0.417. The van der Waals surface area contributed by atoms with Crippen molar-refractivity contribution in [3.05, 3.63) is 35.4 Å². The van der Waals surface area contributed by atoms with Crippen molar-refractivity contribution in [2.75, 3.05) is 0 Å². The van der Waals surface area contributed by atoms with Gasteiger partial charge in [0, 0.05) is 0 Å². The second-order valence-corrected chi connectivity index (χ2v) is 4.06. The summed E-state index contributed by atoms with van der Waals surface area (Å²) in [7, 11) is 0. The fourth-order valence-electron chi connectivity index (χ4n) is 1.56. The molecule has 1 aliphatic carbocycles. The highest BCUT2D eigenvalue weighted by Crippen LogP contribution is 2.33. The van der Waals surface area contributed by atoms with Gasteiger partial charge >= 0.3 is 0 Å². The molecular formula is C12H15NO. The van der Waals surface area contributed by atoms with Crippen LogP contribution in [0.3, 0.4) is 0 Å². The summed E-state index contributed by atoms with van der Waals surface area (Å²) in [6.07, 6.45) is 3.48. The van der Waals surface area contributed by atoms with E-state index in [-0.39, 0.29) is 0 Å². The molecular weight excluding hydrogens is 174 g/mol. The van der Waals surface area contributed by atoms with Crippen LogP contribution in [0.2, 0.25) is 0 Å². The standard InChI is InChI=1S/C12H15NO/c1-9-2-6-11(7-3-9)12(13-14)8-10-4-5-10/h2-3,6-7,10,14H,4-5,8H2,1H3/b13-12+. The van der Waals surface area contributed by atoms with Crippen LogP contribution in [-0.2, 0) is 0 Å². The third-order valence-electron chi connectivity index (χ3n) is 2.68. The first-order valence-corrected chi connectivity index (χ1v) is 5.07. The van der Waals surface area contributed by atoms with E-state index < -0.39 is 0 Å². The molecule has 0 heterocycles. The van der Waals surface area contributed by atoms with Crippen LogP contribution in [-0.4, -0.2) is 10.9 Å². The Morgan fingerprint density at radius 3 is 2.50 bits per heavy atom. The van der Waals surface area contributed by atoms with E-state index in [1.807, 2.05) is 24.3 Å². The van der Waals surface area contributed by atoms with E-state index in [4.69, 9.17) is 5.21 Å². The van der Waals surface area contributed by atoms with Gasteiger partial charge in [0.1, 0.15) is 0 Å². The lowest BCUT2D eigenvalue weighted by atomic mass is 10.0. The minimum absolute atomic E-state index is 0.752. The second kappa shape index (κ2) is 3.82. The zero-order valence-electron chi connectivity index (χ0n) is 8.40. The molecule has 0 radical (unpaired) electrons. The number of hydrogen-bond acceptors (Lipinski definition) is 2. The van der Waals surface area contributed by atoms with Crippen molar-refractivity contribution in [2.24, 2.45) is 11.1 Å². The summed E-state index contributed by atoms with van der Waals surface area (Å²) in [6.45, 7) is 2.06. The van der Waals surface area contributed by atoms with Gasteiger partial charge in [-0.15, -0.1) is 0 Å². The average molecular weight is 189 g/mol. The average Bonchev–Trinajstić information content (AvgIpc) is 3.00. The molecule has 0 unspecified atom stereocenters. The van der Waals surface area contributed by atoms with Gasteiger partial charge in [-0.3, -0.25) is 0 Å². The predicted molar refractivity (Wildman–Crippen MR) is 56.8 cm³/mol. The molecule has 0 saturated heterocycles. The minimum atomic E-state index is 0.752. The summed E-state index contributed by atoms with van der Waals surface area (Å²) in [5.74, 6) is 0.752. The van der Waals surface area contributed by atoms with Gasteiger partial charge in [-0.1, -0.05) is 35.0 Å². The van der Waals surface area contributed by atoms with Crippen molar-refractivity contribution in [3.8, 4) is 0 Å². The van der Waals surface area contributed by atoms with Gasteiger partial charge < -0.3 is 5.21 Å². The van der Waals surface area contributed by atoms with Crippen LogP contribution in [0.5, 0.6) is 0 Å². The summed E-state index contributed by atoms with van der Waals surface area (Å²) in [5.41, 5.74) is 3.11. The molecule has 0 aromatic heterocycles. The Balaban J connectivity index is 2.14. The Bertz CT molecular complexity index is 336. The molecule has 2 nitrogen and oxygen atoms in total. The second-order valence-electron chi connectivity index (χ2n) is 4.06. The molecule has 1 aromatic rings. The lowest BCUT2D eigenvalue weighted by Gasteiger charge is -2.03. The maximum absolute atomic E-state index is 8.91. The van der Waals surface area contributed by atoms with Gasteiger partial charge in [0.05, 0.1) is 5.71 Å². The largest absolute Gasteiger partial charge is 0.411 e. The van der Waals surface area contributed by atoms with E-state index in [0.29, 0.717) is 0 Å². The molecule has 1 fully saturated rings. The van der Waals surface area contributed by atoms with E-state index >= 15 is 0 Å². The molecule has 1 saturated carbocycles. The SMILES string of the molecule is Cc1ccc(/C(CC2CC2)=N/O)cc1. The summed E-state index contributed by atoms with van der Waals surface area (Å²) in [4.78, 5) is 0. The van der Waals surface area contributed by atoms with Crippen molar-refractivity contribution in [3.63, 3.8) is 0 Å². The lowest BCUT2D eigenvalue weighted by Crippen LogP contribution is -2.01. The fourth-order valence-corrected chi connectivity index (χ4v) is 1.56. The van der Waals surface area contributed by atoms with E-state index in [0.717, 1.165) is 23.6 Å². The molecule has 0 bridgehead atoms. The van der Waals surface area contributed by atoms with Crippen LogP contribution >= 0.6 is 0 Å². The van der Waals surface area contributed by atoms with E-state index in [2.05, 4.69) is 12.1 Å². The van der Waals surface area contributed by atoms with E-state index in [9.17, 15) is 0 Å². The minimum Gasteiger partial charge on any atom is -0.411 e. The van der Waals surface area contributed by atoms with Gasteiger partial charge in [0.2, 0.25) is 0 Å². The Kier molecular flexibility index (Phi) is 2.53. The molecule has 0 atom stereocenters. The van der Waals surface area contributed by atoms with Crippen LogP contribution in [0.4, 0.5) is 0 Å². The molecule has 0 amide bonds. The number of benzene rings is 1. The topological polar surface area (TPSA) is 32.6 Å². The Morgan fingerprint density at radius 1 is 1.36 bits per heavy atom. The Labute approximate surface area is 84.3 Å². The molecule has 1 N–H and O–H groups in total. The van der Waals surface area contributed by atoms with Crippen LogP contribution in [0.1, 0.15) is 30.4 Å². The number of rotatable bonds is 3. The quantitative estimate of drug-likeness (QED) is 0.442. The molecule has 0 spiro atoms. The first-order valence-electron chi connectivity index (χ1n) is 5.07. The number of aryl methyl sites for hydroxylation is 1. The zero-order valence-corrected chi connectivity index (χ0v) is 8.40. The molecule has 2 heteroatoms. The molecule has 74 valence electrons. The van der Waals surface area contributed by atoms with Gasteiger partial charge in [0.15, 0.2) is 0 Å². The monoisotopic (exact) mass is 189 g/mol. The van der Waals surface area contributed by atoms with Crippen molar-refractivity contribution in [2.45, 2.75) is 26.2 Å². The van der Waals surface area contributed by atoms with Crippen molar-refractivity contribution in [1.29, 1.82) is 0 Å². The number of oxime groups is 1. The molecule has 1 aromatic carbocycles. The number of hydrogen-bond donors (Lipinski definition) is 1. The first kappa shape index (κ1) is 9.25. The highest BCUT2D eigenvalue weighted by molar-refractivity contribution is 6.00. The van der Waals surface area contributed by atoms with Crippen molar-refractivity contribution >= 4 is 5.71 Å². The number of nitrogens with zero attached hydrogens (tertiary/aromatic N) is 1. The molecule has 1 aliphatic rings. The van der Waals surface area contributed by atoms with Gasteiger partial charge in [-0.25, -0.2) is 0 Å². The van der Waals surface area contributed by atoms with Crippen LogP contribution in [0, 0.1) is 12.8 Å². The van der Waals surface area contributed by atoms with Gasteiger partial charge in [-0.05, 0) is 37.7 Å². The highest BCUT2D eigenvalue weighted by atomic mass is 16.4. The summed E-state index contributed by atoms with van der Waals surface area (Å²) in [6, 6.07) is 8.14. The summed E-state index contributed by atoms with van der Waals surface area (Å²) in [5, 5.41) is 12.3. The maximum atomic E-state index is 8.91. The molecule has 0 aliphatic heterocycles. The molecule has 2 rings (SSSR count). The maximum Gasteiger partial charge on any atom is 0.0870 e. The Hall–Kier alpha value is -1.31. The smallest absolute Gasteiger partial charge is 0.0870 e.